The van der Waals surface area contributed by atoms with Crippen molar-refractivity contribution in [2.24, 2.45) is 0 Å². The Hall–Kier alpha value is -1.65. The molecule has 5 heteroatoms. The fraction of sp³-hybridized carbons (Fsp3) is 0.500. The van der Waals surface area contributed by atoms with Gasteiger partial charge in [0.25, 0.3) is 5.56 Å². The first kappa shape index (κ1) is 9.89. The number of rotatable bonds is 1. The van der Waals surface area contributed by atoms with E-state index in [9.17, 15) is 9.59 Å². The molecule has 0 atom stereocenters. The molecule has 2 N–H and O–H groups in total. The molecule has 0 saturated carbocycles. The van der Waals surface area contributed by atoms with Crippen molar-refractivity contribution in [3.05, 3.63) is 21.7 Å². The molecule has 1 aromatic rings. The first-order valence-corrected chi connectivity index (χ1v) is 5.01. The Morgan fingerprint density at radius 3 is 2.67 bits per heavy atom. The summed E-state index contributed by atoms with van der Waals surface area (Å²) in [6.45, 7) is 3.88. The third-order valence-electron chi connectivity index (χ3n) is 2.44. The predicted octanol–water partition coefficient (Wildman–Crippen LogP) is 0.778. The van der Waals surface area contributed by atoms with Crippen LogP contribution >= 0.6 is 0 Å². The monoisotopic (exact) mass is 207 g/mol. The van der Waals surface area contributed by atoms with Crippen molar-refractivity contribution < 1.29 is 4.79 Å². The van der Waals surface area contributed by atoms with Gasteiger partial charge >= 0.3 is 0 Å². The largest absolute Gasteiger partial charge is 0.310 e. The molecule has 2 rings (SSSR count). The van der Waals surface area contributed by atoms with Crippen molar-refractivity contribution in [1.82, 2.24) is 9.97 Å². The first-order valence-electron chi connectivity index (χ1n) is 5.01. The summed E-state index contributed by atoms with van der Waals surface area (Å²) in [5.74, 6) is 1.11. The average molecular weight is 207 g/mol. The summed E-state index contributed by atoms with van der Waals surface area (Å²) in [5.41, 5.74) is 0.447. The third-order valence-corrected chi connectivity index (χ3v) is 2.44. The number of anilines is 1. The molecule has 0 saturated heterocycles. The van der Waals surface area contributed by atoms with E-state index in [1.165, 1.54) is 0 Å². The molecule has 0 spiro atoms. The second-order valence-corrected chi connectivity index (χ2v) is 3.98. The predicted molar refractivity (Wildman–Crippen MR) is 55.9 cm³/mol. The molecule has 1 aliphatic rings. The summed E-state index contributed by atoms with van der Waals surface area (Å²) in [6.07, 6.45) is 0.834. The number of fused-ring (bicyclic) bond motifs is 1. The number of carbonyl (C=O) groups excluding carboxylic acids is 1. The summed E-state index contributed by atoms with van der Waals surface area (Å²) >= 11 is 0. The molecule has 0 bridgehead atoms. The van der Waals surface area contributed by atoms with Crippen LogP contribution in [0.2, 0.25) is 0 Å². The first-order chi connectivity index (χ1) is 7.08. The van der Waals surface area contributed by atoms with E-state index >= 15 is 0 Å². The van der Waals surface area contributed by atoms with Gasteiger partial charge in [-0.1, -0.05) is 13.8 Å². The maximum atomic E-state index is 11.6. The van der Waals surface area contributed by atoms with Gasteiger partial charge in [0.1, 0.15) is 11.6 Å². The van der Waals surface area contributed by atoms with E-state index in [4.69, 9.17) is 0 Å². The van der Waals surface area contributed by atoms with Crippen molar-refractivity contribution in [2.75, 3.05) is 5.32 Å². The molecule has 1 aliphatic heterocycles. The average Bonchev–Trinajstić information content (AvgIpc) is 2.16. The molecule has 0 aromatic carbocycles. The Morgan fingerprint density at radius 1 is 1.27 bits per heavy atom. The molecule has 0 radical (unpaired) electrons. The molecule has 0 aliphatic carbocycles. The van der Waals surface area contributed by atoms with Crippen molar-refractivity contribution in [3.8, 4) is 0 Å². The SMILES string of the molecule is CC(C)c1nc2c(c(=O)[nH]1)CCC(=O)N2. The number of carbonyl (C=O) groups is 1. The number of nitrogens with zero attached hydrogens (tertiary/aromatic N) is 1. The highest BCUT2D eigenvalue weighted by molar-refractivity contribution is 5.92. The zero-order valence-electron chi connectivity index (χ0n) is 8.76. The maximum absolute atomic E-state index is 11.6. The van der Waals surface area contributed by atoms with Crippen LogP contribution in [0.25, 0.3) is 0 Å². The lowest BCUT2D eigenvalue weighted by molar-refractivity contribution is -0.116. The number of hydrogen-bond donors (Lipinski definition) is 2. The van der Waals surface area contributed by atoms with Gasteiger partial charge in [-0.2, -0.15) is 0 Å². The molecule has 1 aromatic heterocycles. The molecule has 5 nitrogen and oxygen atoms in total. The maximum Gasteiger partial charge on any atom is 0.256 e. The second-order valence-electron chi connectivity index (χ2n) is 3.98. The minimum absolute atomic E-state index is 0.0738. The van der Waals surface area contributed by atoms with E-state index in [2.05, 4.69) is 15.3 Å². The molecule has 0 fully saturated rings. The zero-order valence-corrected chi connectivity index (χ0v) is 8.76. The van der Waals surface area contributed by atoms with Gasteiger partial charge in [-0.15, -0.1) is 0 Å². The van der Waals surface area contributed by atoms with E-state index in [1.54, 1.807) is 0 Å². The minimum atomic E-state index is -0.135. The van der Waals surface area contributed by atoms with Gasteiger partial charge in [0.05, 0.1) is 5.56 Å². The Morgan fingerprint density at radius 2 is 2.00 bits per heavy atom. The van der Waals surface area contributed by atoms with Crippen LogP contribution in [0.1, 0.15) is 37.6 Å². The number of hydrogen-bond acceptors (Lipinski definition) is 3. The molecule has 2 heterocycles. The molecular formula is C10H13N3O2. The summed E-state index contributed by atoms with van der Waals surface area (Å²) in [4.78, 5) is 29.8. The Labute approximate surface area is 86.9 Å². The number of aromatic amines is 1. The van der Waals surface area contributed by atoms with Crippen LogP contribution in [0, 0.1) is 0 Å². The fourth-order valence-corrected chi connectivity index (χ4v) is 1.56. The van der Waals surface area contributed by atoms with E-state index < -0.39 is 0 Å². The molecule has 0 unspecified atom stereocenters. The van der Waals surface area contributed by atoms with Crippen LogP contribution in [0.15, 0.2) is 4.79 Å². The van der Waals surface area contributed by atoms with Crippen LogP contribution in [0.3, 0.4) is 0 Å². The Bertz CT molecular complexity index is 462. The molecule has 80 valence electrons. The van der Waals surface area contributed by atoms with Gasteiger partial charge in [-0.05, 0) is 6.42 Å². The van der Waals surface area contributed by atoms with Crippen molar-refractivity contribution >= 4 is 11.7 Å². The van der Waals surface area contributed by atoms with Crippen molar-refractivity contribution in [1.29, 1.82) is 0 Å². The fourth-order valence-electron chi connectivity index (χ4n) is 1.56. The number of aromatic nitrogens is 2. The summed E-state index contributed by atoms with van der Waals surface area (Å²) in [5, 5.41) is 2.63. The van der Waals surface area contributed by atoms with Gasteiger partial charge in [-0.25, -0.2) is 4.98 Å². The molecule has 15 heavy (non-hydrogen) atoms. The minimum Gasteiger partial charge on any atom is -0.310 e. The summed E-state index contributed by atoms with van der Waals surface area (Å²) in [6, 6.07) is 0. The number of amides is 1. The van der Waals surface area contributed by atoms with E-state index in [0.29, 0.717) is 30.0 Å². The standard InChI is InChI=1S/C10H13N3O2/c1-5(2)8-12-9-6(10(15)13-8)3-4-7(14)11-9/h5H,3-4H2,1-2H3,(H2,11,12,13,14,15). The van der Waals surface area contributed by atoms with E-state index in [-0.39, 0.29) is 17.4 Å². The summed E-state index contributed by atoms with van der Waals surface area (Å²) < 4.78 is 0. The van der Waals surface area contributed by atoms with Gasteiger partial charge < -0.3 is 10.3 Å². The summed E-state index contributed by atoms with van der Waals surface area (Å²) in [7, 11) is 0. The smallest absolute Gasteiger partial charge is 0.256 e. The number of H-pyrrole nitrogens is 1. The molecule has 1 amide bonds. The van der Waals surface area contributed by atoms with Crippen molar-refractivity contribution in [2.45, 2.75) is 32.6 Å². The lowest BCUT2D eigenvalue weighted by Gasteiger charge is -2.16. The van der Waals surface area contributed by atoms with Gasteiger partial charge in [0.2, 0.25) is 5.91 Å². The quantitative estimate of drug-likeness (QED) is 0.714. The third kappa shape index (κ3) is 1.77. The number of nitrogens with one attached hydrogen (secondary N) is 2. The van der Waals surface area contributed by atoms with Crippen LogP contribution in [-0.2, 0) is 11.2 Å². The van der Waals surface area contributed by atoms with Crippen LogP contribution in [0.5, 0.6) is 0 Å². The van der Waals surface area contributed by atoms with Gasteiger partial charge in [0.15, 0.2) is 0 Å². The normalized spacial score (nSPS) is 15.0. The van der Waals surface area contributed by atoms with Crippen LogP contribution in [-0.4, -0.2) is 15.9 Å². The van der Waals surface area contributed by atoms with Gasteiger partial charge in [-0.3, -0.25) is 9.59 Å². The zero-order chi connectivity index (χ0) is 11.0. The van der Waals surface area contributed by atoms with E-state index in [0.717, 1.165) is 0 Å². The highest BCUT2D eigenvalue weighted by Crippen LogP contribution is 2.18. The van der Waals surface area contributed by atoms with E-state index in [1.807, 2.05) is 13.8 Å². The van der Waals surface area contributed by atoms with Gasteiger partial charge in [0, 0.05) is 12.3 Å². The highest BCUT2D eigenvalue weighted by atomic mass is 16.2. The Balaban J connectivity index is 2.53. The topological polar surface area (TPSA) is 74.8 Å². The van der Waals surface area contributed by atoms with Crippen LogP contribution < -0.4 is 10.9 Å². The lowest BCUT2D eigenvalue weighted by atomic mass is 10.1. The van der Waals surface area contributed by atoms with Crippen LogP contribution in [0.4, 0.5) is 5.82 Å². The second kappa shape index (κ2) is 3.49. The molecular weight excluding hydrogens is 194 g/mol. The lowest BCUT2D eigenvalue weighted by Crippen LogP contribution is -2.28. The van der Waals surface area contributed by atoms with Crippen molar-refractivity contribution in [3.63, 3.8) is 0 Å². The Kier molecular flexibility index (Phi) is 2.30. The highest BCUT2D eigenvalue weighted by Gasteiger charge is 2.20.